The van der Waals surface area contributed by atoms with Crippen molar-refractivity contribution in [2.75, 3.05) is 12.3 Å². The third-order valence-electron chi connectivity index (χ3n) is 3.05. The summed E-state index contributed by atoms with van der Waals surface area (Å²) in [6, 6.07) is 5.93. The normalized spacial score (nSPS) is 10.8. The Morgan fingerprint density at radius 3 is 2.89 bits per heavy atom. The molecule has 1 aromatic carbocycles. The minimum absolute atomic E-state index is 0.598. The van der Waals surface area contributed by atoms with Crippen molar-refractivity contribution in [3.8, 4) is 5.75 Å². The van der Waals surface area contributed by atoms with Crippen LogP contribution in [-0.2, 0) is 0 Å². The van der Waals surface area contributed by atoms with Crippen LogP contribution in [0, 0.1) is 0 Å². The van der Waals surface area contributed by atoms with E-state index in [1.165, 1.54) is 19.3 Å². The van der Waals surface area contributed by atoms with Gasteiger partial charge in [-0.15, -0.1) is 0 Å². The molecule has 0 bridgehead atoms. The topological polar surface area (TPSA) is 48.1 Å². The Morgan fingerprint density at radius 2 is 2.11 bits per heavy atom. The van der Waals surface area contributed by atoms with Gasteiger partial charge in [0.15, 0.2) is 5.75 Å². The number of nitrogens with zero attached hydrogens (tertiary/aromatic N) is 1. The molecule has 0 aliphatic heterocycles. The highest BCUT2D eigenvalue weighted by molar-refractivity contribution is 9.10. The fourth-order valence-corrected chi connectivity index (χ4v) is 2.38. The molecule has 0 unspecified atom stereocenters. The van der Waals surface area contributed by atoms with Gasteiger partial charge in [-0.2, -0.15) is 0 Å². The lowest BCUT2D eigenvalue weighted by Crippen LogP contribution is -2.02. The maximum atomic E-state index is 5.97. The maximum Gasteiger partial charge on any atom is 0.153 e. The lowest BCUT2D eigenvalue weighted by atomic mass is 10.2. The maximum absolute atomic E-state index is 5.97. The number of pyridine rings is 1. The first-order chi connectivity index (χ1) is 9.22. The SMILES string of the molecule is CCCCCCOc1c(N)cnc2ccc(Br)cc12. The summed E-state index contributed by atoms with van der Waals surface area (Å²) >= 11 is 3.47. The Bertz CT molecular complexity index is 552. The van der Waals surface area contributed by atoms with Crippen molar-refractivity contribution in [1.82, 2.24) is 4.98 Å². The van der Waals surface area contributed by atoms with Gasteiger partial charge in [0.2, 0.25) is 0 Å². The molecule has 0 saturated carbocycles. The first kappa shape index (κ1) is 14.1. The molecule has 2 aromatic rings. The minimum atomic E-state index is 0.598. The Balaban J connectivity index is 2.16. The van der Waals surface area contributed by atoms with Gasteiger partial charge in [-0.3, -0.25) is 4.98 Å². The zero-order chi connectivity index (χ0) is 13.7. The molecule has 19 heavy (non-hydrogen) atoms. The lowest BCUT2D eigenvalue weighted by Gasteiger charge is -2.11. The molecule has 0 spiro atoms. The van der Waals surface area contributed by atoms with Crippen LogP contribution in [-0.4, -0.2) is 11.6 Å². The van der Waals surface area contributed by atoms with Crippen molar-refractivity contribution in [3.05, 3.63) is 28.9 Å². The first-order valence-electron chi connectivity index (χ1n) is 6.69. The van der Waals surface area contributed by atoms with Crippen LogP contribution in [0.1, 0.15) is 32.6 Å². The van der Waals surface area contributed by atoms with Crippen molar-refractivity contribution in [2.24, 2.45) is 0 Å². The summed E-state index contributed by atoms with van der Waals surface area (Å²) in [5.74, 6) is 0.753. The summed E-state index contributed by atoms with van der Waals surface area (Å²) in [6.07, 6.45) is 6.40. The van der Waals surface area contributed by atoms with Crippen molar-refractivity contribution in [2.45, 2.75) is 32.6 Å². The molecule has 4 heteroatoms. The van der Waals surface area contributed by atoms with Crippen LogP contribution in [0.3, 0.4) is 0 Å². The molecular weight excluding hydrogens is 304 g/mol. The van der Waals surface area contributed by atoms with E-state index in [0.29, 0.717) is 12.3 Å². The highest BCUT2D eigenvalue weighted by atomic mass is 79.9. The van der Waals surface area contributed by atoms with Crippen LogP contribution < -0.4 is 10.5 Å². The van der Waals surface area contributed by atoms with E-state index in [1.54, 1.807) is 6.20 Å². The molecule has 3 nitrogen and oxygen atoms in total. The van der Waals surface area contributed by atoms with Gasteiger partial charge in [0.05, 0.1) is 24.0 Å². The molecule has 0 radical (unpaired) electrons. The van der Waals surface area contributed by atoms with Gasteiger partial charge in [0.1, 0.15) is 0 Å². The zero-order valence-electron chi connectivity index (χ0n) is 11.2. The summed E-state index contributed by atoms with van der Waals surface area (Å²) in [6.45, 7) is 2.91. The summed E-state index contributed by atoms with van der Waals surface area (Å²) in [5.41, 5.74) is 7.48. The Labute approximate surface area is 122 Å². The summed E-state index contributed by atoms with van der Waals surface area (Å²) in [4.78, 5) is 4.31. The van der Waals surface area contributed by atoms with Crippen LogP contribution in [0.15, 0.2) is 28.9 Å². The number of benzene rings is 1. The number of hydrogen-bond donors (Lipinski definition) is 1. The van der Waals surface area contributed by atoms with Crippen LogP contribution in [0.4, 0.5) is 5.69 Å². The second-order valence-corrected chi connectivity index (χ2v) is 5.53. The monoisotopic (exact) mass is 322 g/mol. The quantitative estimate of drug-likeness (QED) is 0.794. The third-order valence-corrected chi connectivity index (χ3v) is 3.55. The molecule has 0 aliphatic carbocycles. The molecule has 2 rings (SSSR count). The second-order valence-electron chi connectivity index (χ2n) is 4.61. The lowest BCUT2D eigenvalue weighted by molar-refractivity contribution is 0.310. The van der Waals surface area contributed by atoms with Gasteiger partial charge in [0.25, 0.3) is 0 Å². The first-order valence-corrected chi connectivity index (χ1v) is 7.48. The summed E-state index contributed by atoms with van der Waals surface area (Å²) in [5, 5.41) is 0.963. The van der Waals surface area contributed by atoms with Crippen LogP contribution in [0.5, 0.6) is 5.75 Å². The van der Waals surface area contributed by atoms with Gasteiger partial charge in [-0.05, 0) is 24.6 Å². The van der Waals surface area contributed by atoms with E-state index in [0.717, 1.165) is 27.5 Å². The number of fused-ring (bicyclic) bond motifs is 1. The number of rotatable bonds is 6. The zero-order valence-corrected chi connectivity index (χ0v) is 12.7. The largest absolute Gasteiger partial charge is 0.491 e. The minimum Gasteiger partial charge on any atom is -0.491 e. The Hall–Kier alpha value is -1.29. The number of nitrogens with two attached hydrogens (primary N) is 1. The van der Waals surface area contributed by atoms with Crippen LogP contribution >= 0.6 is 15.9 Å². The smallest absolute Gasteiger partial charge is 0.153 e. The van der Waals surface area contributed by atoms with Gasteiger partial charge in [-0.25, -0.2) is 0 Å². The van der Waals surface area contributed by atoms with Gasteiger partial charge >= 0.3 is 0 Å². The van der Waals surface area contributed by atoms with E-state index >= 15 is 0 Å². The van der Waals surface area contributed by atoms with Crippen molar-refractivity contribution < 1.29 is 4.74 Å². The number of ether oxygens (including phenoxy) is 1. The highest BCUT2D eigenvalue weighted by Gasteiger charge is 2.08. The van der Waals surface area contributed by atoms with Gasteiger partial charge in [0, 0.05) is 9.86 Å². The number of aromatic nitrogens is 1. The van der Waals surface area contributed by atoms with Crippen molar-refractivity contribution in [1.29, 1.82) is 0 Å². The van der Waals surface area contributed by atoms with Crippen molar-refractivity contribution >= 4 is 32.5 Å². The fourth-order valence-electron chi connectivity index (χ4n) is 2.02. The second kappa shape index (κ2) is 6.75. The predicted octanol–water partition coefficient (Wildman–Crippen LogP) is 4.54. The average Bonchev–Trinajstić information content (AvgIpc) is 2.40. The van der Waals surface area contributed by atoms with Gasteiger partial charge < -0.3 is 10.5 Å². The molecule has 2 N–H and O–H groups in total. The molecule has 0 fully saturated rings. The number of unbranched alkanes of at least 4 members (excludes halogenated alkanes) is 3. The van der Waals surface area contributed by atoms with Crippen molar-refractivity contribution in [3.63, 3.8) is 0 Å². The number of anilines is 1. The van der Waals surface area contributed by atoms with E-state index in [4.69, 9.17) is 10.5 Å². The average molecular weight is 323 g/mol. The van der Waals surface area contributed by atoms with Crippen LogP contribution in [0.2, 0.25) is 0 Å². The van der Waals surface area contributed by atoms with E-state index in [1.807, 2.05) is 18.2 Å². The number of hydrogen-bond acceptors (Lipinski definition) is 3. The molecule has 1 heterocycles. The highest BCUT2D eigenvalue weighted by Crippen LogP contribution is 2.32. The number of halogens is 1. The number of nitrogen functional groups attached to an aromatic ring is 1. The predicted molar refractivity (Wildman–Crippen MR) is 83.5 cm³/mol. The summed E-state index contributed by atoms with van der Waals surface area (Å²) < 4.78 is 6.87. The molecule has 102 valence electrons. The Kier molecular flexibility index (Phi) is 5.02. The van der Waals surface area contributed by atoms with E-state index in [-0.39, 0.29) is 0 Å². The molecule has 0 amide bonds. The fraction of sp³-hybridized carbons (Fsp3) is 0.400. The molecule has 0 atom stereocenters. The molecule has 0 saturated heterocycles. The van der Waals surface area contributed by atoms with Crippen LogP contribution in [0.25, 0.3) is 10.9 Å². The van der Waals surface area contributed by atoms with E-state index < -0.39 is 0 Å². The van der Waals surface area contributed by atoms with Gasteiger partial charge in [-0.1, -0.05) is 42.1 Å². The standard InChI is InChI=1S/C15H19BrN2O/c1-2-3-4-5-8-19-15-12-9-11(16)6-7-14(12)18-10-13(15)17/h6-7,9-10H,2-5,8,17H2,1H3. The Morgan fingerprint density at radius 1 is 1.26 bits per heavy atom. The van der Waals surface area contributed by atoms with E-state index in [9.17, 15) is 0 Å². The molecule has 1 aromatic heterocycles. The summed E-state index contributed by atoms with van der Waals surface area (Å²) in [7, 11) is 0. The van der Waals surface area contributed by atoms with E-state index in [2.05, 4.69) is 27.8 Å². The third kappa shape index (κ3) is 3.60. The molecular formula is C15H19BrN2O. The molecule has 0 aliphatic rings.